The third-order valence-corrected chi connectivity index (χ3v) is 5.19. The summed E-state index contributed by atoms with van der Waals surface area (Å²) in [5, 5.41) is 2.58. The lowest BCUT2D eigenvalue weighted by molar-refractivity contribution is -0.147. The highest BCUT2D eigenvalue weighted by molar-refractivity contribution is 5.81. The maximum absolute atomic E-state index is 14.0. The molecule has 1 N–H and O–H groups in total. The average molecular weight is 465 g/mol. The first-order chi connectivity index (χ1) is 16.6. The maximum atomic E-state index is 14.0. The van der Waals surface area contributed by atoms with Crippen molar-refractivity contribution in [1.82, 2.24) is 5.32 Å². The van der Waals surface area contributed by atoms with Crippen molar-refractivity contribution in [2.75, 3.05) is 6.79 Å². The van der Waals surface area contributed by atoms with E-state index in [0.717, 1.165) is 11.1 Å². The van der Waals surface area contributed by atoms with E-state index in [1.54, 1.807) is 0 Å². The van der Waals surface area contributed by atoms with E-state index in [-0.39, 0.29) is 33.0 Å². The number of carbonyl (C=O) groups is 2. The molecule has 0 aromatic heterocycles. The molecule has 4 rings (SSSR count). The summed E-state index contributed by atoms with van der Waals surface area (Å²) in [7, 11) is 0. The first-order valence-corrected chi connectivity index (χ1v) is 10.8. The first kappa shape index (κ1) is 23.3. The van der Waals surface area contributed by atoms with E-state index in [1.165, 1.54) is 12.1 Å². The summed E-state index contributed by atoms with van der Waals surface area (Å²) in [6.07, 6.45) is -0.545. The second kappa shape index (κ2) is 11.3. The maximum Gasteiger partial charge on any atom is 0.408 e. The molecule has 0 saturated heterocycles. The fourth-order valence-corrected chi connectivity index (χ4v) is 3.56. The fraction of sp³-hybridized carbons (Fsp3) is 0.231. The molecule has 8 heteroatoms. The Morgan fingerprint density at radius 2 is 1.65 bits per heavy atom. The number of nitrogens with one attached hydrogen (secondary N) is 1. The minimum atomic E-state index is -1.00. The van der Waals surface area contributed by atoms with Crippen LogP contribution in [0.4, 0.5) is 9.18 Å². The van der Waals surface area contributed by atoms with Gasteiger partial charge in [-0.2, -0.15) is 0 Å². The monoisotopic (exact) mass is 465 g/mol. The van der Waals surface area contributed by atoms with E-state index in [2.05, 4.69) is 5.32 Å². The lowest BCUT2D eigenvalue weighted by Crippen LogP contribution is -2.43. The van der Waals surface area contributed by atoms with Crippen molar-refractivity contribution in [3.63, 3.8) is 0 Å². The van der Waals surface area contributed by atoms with Crippen LogP contribution in [-0.2, 0) is 45.2 Å². The molecule has 3 aromatic carbocycles. The molecule has 0 fully saturated rings. The molecule has 0 unspecified atom stereocenters. The summed E-state index contributed by atoms with van der Waals surface area (Å²) in [6, 6.07) is 20.0. The number of amides is 1. The molecule has 1 heterocycles. The number of ether oxygens (including phenoxy) is 4. The van der Waals surface area contributed by atoms with Crippen LogP contribution in [0, 0.1) is 5.82 Å². The van der Waals surface area contributed by atoms with Crippen LogP contribution in [0.2, 0.25) is 0 Å². The summed E-state index contributed by atoms with van der Waals surface area (Å²) in [4.78, 5) is 25.3. The number of esters is 1. The highest BCUT2D eigenvalue weighted by atomic mass is 19.1. The largest absolute Gasteiger partial charge is 0.467 e. The van der Waals surface area contributed by atoms with Crippen LogP contribution in [0.15, 0.2) is 72.8 Å². The van der Waals surface area contributed by atoms with Gasteiger partial charge in [0, 0.05) is 17.5 Å². The van der Waals surface area contributed by atoms with Crippen LogP contribution < -0.4 is 10.1 Å². The van der Waals surface area contributed by atoms with Gasteiger partial charge in [0.2, 0.25) is 0 Å². The van der Waals surface area contributed by atoms with Gasteiger partial charge in [-0.15, -0.1) is 0 Å². The Morgan fingerprint density at radius 1 is 0.941 bits per heavy atom. The van der Waals surface area contributed by atoms with Crippen molar-refractivity contribution in [1.29, 1.82) is 0 Å². The fourth-order valence-electron chi connectivity index (χ4n) is 3.56. The topological polar surface area (TPSA) is 83.1 Å². The van der Waals surface area contributed by atoms with Crippen molar-refractivity contribution >= 4 is 12.1 Å². The second-order valence-electron chi connectivity index (χ2n) is 7.72. The summed E-state index contributed by atoms with van der Waals surface area (Å²) in [5.74, 6) is -0.719. The molecule has 0 saturated carbocycles. The molecular weight excluding hydrogens is 441 g/mol. The predicted octanol–water partition coefficient (Wildman–Crippen LogP) is 4.27. The molecule has 176 valence electrons. The van der Waals surface area contributed by atoms with E-state index in [0.29, 0.717) is 16.9 Å². The third kappa shape index (κ3) is 6.32. The summed E-state index contributed by atoms with van der Waals surface area (Å²) in [6.45, 7) is 0.0874. The predicted molar refractivity (Wildman–Crippen MR) is 120 cm³/mol. The zero-order valence-corrected chi connectivity index (χ0v) is 18.4. The SMILES string of the molecule is O=C(N[C@@H](Cc1ccccc1)C(=O)OCc1cc(F)cc2c1OCOC2)OCc1ccccc1. The number of fused-ring (bicyclic) bond motifs is 1. The number of hydrogen-bond acceptors (Lipinski definition) is 6. The number of halogens is 1. The van der Waals surface area contributed by atoms with Crippen LogP contribution in [-0.4, -0.2) is 24.9 Å². The van der Waals surface area contributed by atoms with Gasteiger partial charge in [-0.1, -0.05) is 60.7 Å². The Kier molecular flexibility index (Phi) is 7.72. The summed E-state index contributed by atoms with van der Waals surface area (Å²) < 4.78 is 35.3. The Balaban J connectivity index is 1.42. The summed E-state index contributed by atoms with van der Waals surface area (Å²) >= 11 is 0. The third-order valence-electron chi connectivity index (χ3n) is 5.19. The van der Waals surface area contributed by atoms with E-state index in [1.807, 2.05) is 60.7 Å². The van der Waals surface area contributed by atoms with Crippen molar-refractivity contribution in [3.05, 3.63) is 101 Å². The van der Waals surface area contributed by atoms with Crippen LogP contribution in [0.5, 0.6) is 5.75 Å². The Hall–Kier alpha value is -3.91. The molecule has 0 aliphatic carbocycles. The smallest absolute Gasteiger partial charge is 0.408 e. The van der Waals surface area contributed by atoms with Crippen LogP contribution in [0.3, 0.4) is 0 Å². The average Bonchev–Trinajstić information content (AvgIpc) is 2.86. The number of benzene rings is 3. The van der Waals surface area contributed by atoms with Crippen LogP contribution in [0.25, 0.3) is 0 Å². The second-order valence-corrected chi connectivity index (χ2v) is 7.72. The van der Waals surface area contributed by atoms with Gasteiger partial charge in [-0.25, -0.2) is 14.0 Å². The highest BCUT2D eigenvalue weighted by Crippen LogP contribution is 2.30. The normalized spacial score (nSPS) is 13.2. The Bertz CT molecular complexity index is 1120. The van der Waals surface area contributed by atoms with E-state index >= 15 is 0 Å². The number of carbonyl (C=O) groups excluding carboxylic acids is 2. The molecule has 0 radical (unpaired) electrons. The van der Waals surface area contributed by atoms with Gasteiger partial charge in [-0.05, 0) is 23.3 Å². The van der Waals surface area contributed by atoms with Gasteiger partial charge in [-0.3, -0.25) is 0 Å². The van der Waals surface area contributed by atoms with Crippen molar-refractivity contribution in [2.24, 2.45) is 0 Å². The molecule has 0 bridgehead atoms. The molecule has 1 aliphatic rings. The van der Waals surface area contributed by atoms with E-state index < -0.39 is 23.9 Å². The Labute approximate surface area is 196 Å². The lowest BCUT2D eigenvalue weighted by atomic mass is 10.1. The molecular formula is C26H24FNO6. The van der Waals surface area contributed by atoms with Crippen LogP contribution >= 0.6 is 0 Å². The van der Waals surface area contributed by atoms with Crippen molar-refractivity contribution in [3.8, 4) is 5.75 Å². The molecule has 3 aromatic rings. The van der Waals surface area contributed by atoms with Crippen molar-refractivity contribution in [2.45, 2.75) is 32.3 Å². The number of rotatable bonds is 8. The van der Waals surface area contributed by atoms with Gasteiger partial charge in [0.05, 0.1) is 6.61 Å². The van der Waals surface area contributed by atoms with E-state index in [4.69, 9.17) is 18.9 Å². The first-order valence-electron chi connectivity index (χ1n) is 10.8. The molecule has 1 amide bonds. The van der Waals surface area contributed by atoms with Gasteiger partial charge >= 0.3 is 12.1 Å². The number of hydrogen-bond donors (Lipinski definition) is 1. The minimum absolute atomic E-state index is 0.0328. The lowest BCUT2D eigenvalue weighted by Gasteiger charge is -2.22. The van der Waals surface area contributed by atoms with Crippen molar-refractivity contribution < 1.29 is 32.9 Å². The van der Waals surface area contributed by atoms with Gasteiger partial charge in [0.25, 0.3) is 0 Å². The van der Waals surface area contributed by atoms with Gasteiger partial charge < -0.3 is 24.3 Å². The molecule has 34 heavy (non-hydrogen) atoms. The molecule has 0 spiro atoms. The molecule has 7 nitrogen and oxygen atoms in total. The number of alkyl carbamates (subject to hydrolysis) is 1. The van der Waals surface area contributed by atoms with Gasteiger partial charge in [0.15, 0.2) is 6.79 Å². The standard InChI is InChI=1S/C26H24FNO6/c27-22-12-20-15-31-17-34-24(20)21(13-22)16-32-25(29)23(11-18-7-3-1-4-8-18)28-26(30)33-14-19-9-5-2-6-10-19/h1-10,12-13,23H,11,14-17H2,(H,28,30)/t23-/m0/s1. The van der Waals surface area contributed by atoms with Crippen LogP contribution in [0.1, 0.15) is 22.3 Å². The zero-order valence-electron chi connectivity index (χ0n) is 18.4. The molecule has 1 atom stereocenters. The zero-order chi connectivity index (χ0) is 23.8. The quantitative estimate of drug-likeness (QED) is 0.500. The summed E-state index contributed by atoms with van der Waals surface area (Å²) in [5.41, 5.74) is 2.58. The Morgan fingerprint density at radius 3 is 2.38 bits per heavy atom. The van der Waals surface area contributed by atoms with E-state index in [9.17, 15) is 14.0 Å². The highest BCUT2D eigenvalue weighted by Gasteiger charge is 2.25. The molecule has 1 aliphatic heterocycles. The minimum Gasteiger partial charge on any atom is -0.467 e. The van der Waals surface area contributed by atoms with Gasteiger partial charge in [0.1, 0.15) is 30.8 Å².